The second kappa shape index (κ2) is 13.4. The van der Waals surface area contributed by atoms with Crippen LogP contribution in [0.5, 0.6) is 17.2 Å². The van der Waals surface area contributed by atoms with E-state index in [-0.39, 0.29) is 29.9 Å². The topological polar surface area (TPSA) is 75.2 Å². The first kappa shape index (κ1) is 27.0. The molecule has 2 N–H and O–H groups in total. The van der Waals surface area contributed by atoms with Crippen LogP contribution in [0.2, 0.25) is 0 Å². The zero-order valence-electron chi connectivity index (χ0n) is 19.9. The third kappa shape index (κ3) is 7.65. The molecule has 180 valence electrons. The van der Waals surface area contributed by atoms with Crippen molar-refractivity contribution < 1.29 is 14.3 Å². The molecule has 0 aliphatic rings. The number of methoxy groups -OCH3 is 1. The van der Waals surface area contributed by atoms with Crippen LogP contribution in [-0.4, -0.2) is 45.0 Å². The third-order valence-corrected chi connectivity index (χ3v) is 4.97. The Balaban J connectivity index is 0.00000408. The molecule has 8 heteroatoms. The minimum absolute atomic E-state index is 0. The largest absolute Gasteiger partial charge is 0.493 e. The van der Waals surface area contributed by atoms with Gasteiger partial charge in [0.2, 0.25) is 0 Å². The van der Waals surface area contributed by atoms with Crippen molar-refractivity contribution >= 4 is 35.8 Å². The molecule has 0 radical (unpaired) electrons. The SMILES string of the molecule is CN=C(NCc1ccc(Oc2ccccc2OC)cc1)NCc1ccc(C(=O)N(C)C)cc1.I. The highest BCUT2D eigenvalue weighted by Gasteiger charge is 2.08. The lowest BCUT2D eigenvalue weighted by Crippen LogP contribution is -2.36. The van der Waals surface area contributed by atoms with Crippen LogP contribution in [-0.2, 0) is 13.1 Å². The van der Waals surface area contributed by atoms with Crippen LogP contribution in [0, 0.1) is 0 Å². The van der Waals surface area contributed by atoms with Crippen molar-refractivity contribution in [3.8, 4) is 17.2 Å². The molecule has 0 unspecified atom stereocenters. The van der Waals surface area contributed by atoms with Crippen LogP contribution in [0.4, 0.5) is 0 Å². The van der Waals surface area contributed by atoms with Gasteiger partial charge in [-0.25, -0.2) is 0 Å². The molecule has 0 fully saturated rings. The van der Waals surface area contributed by atoms with Crippen molar-refractivity contribution in [2.45, 2.75) is 13.1 Å². The number of guanidine groups is 1. The summed E-state index contributed by atoms with van der Waals surface area (Å²) in [6, 6.07) is 23.0. The van der Waals surface area contributed by atoms with E-state index in [1.807, 2.05) is 72.8 Å². The van der Waals surface area contributed by atoms with Gasteiger partial charge in [0.15, 0.2) is 17.5 Å². The molecule has 0 aliphatic heterocycles. The van der Waals surface area contributed by atoms with Crippen molar-refractivity contribution in [1.82, 2.24) is 15.5 Å². The van der Waals surface area contributed by atoms with Gasteiger partial charge in [-0.15, -0.1) is 24.0 Å². The van der Waals surface area contributed by atoms with Crippen LogP contribution in [0.25, 0.3) is 0 Å². The average Bonchev–Trinajstić information content (AvgIpc) is 2.85. The van der Waals surface area contributed by atoms with Crippen LogP contribution in [0.1, 0.15) is 21.5 Å². The smallest absolute Gasteiger partial charge is 0.253 e. The number of ether oxygens (including phenoxy) is 2. The van der Waals surface area contributed by atoms with Gasteiger partial charge in [-0.1, -0.05) is 36.4 Å². The normalized spacial score (nSPS) is 10.6. The number of amides is 1. The number of halogens is 1. The van der Waals surface area contributed by atoms with Crippen LogP contribution in [0.15, 0.2) is 77.8 Å². The first-order valence-corrected chi connectivity index (χ1v) is 10.6. The fourth-order valence-electron chi connectivity index (χ4n) is 3.12. The Morgan fingerprint density at radius 1 is 0.853 bits per heavy atom. The maximum absolute atomic E-state index is 12.0. The van der Waals surface area contributed by atoms with Gasteiger partial charge in [0, 0.05) is 39.8 Å². The van der Waals surface area contributed by atoms with E-state index in [0.29, 0.717) is 36.1 Å². The van der Waals surface area contributed by atoms with Crippen LogP contribution < -0.4 is 20.1 Å². The summed E-state index contributed by atoms with van der Waals surface area (Å²) in [5.41, 5.74) is 2.83. The molecular formula is C26H31IN4O3. The van der Waals surface area contributed by atoms with Crippen LogP contribution >= 0.6 is 24.0 Å². The Hall–Kier alpha value is -3.27. The van der Waals surface area contributed by atoms with Gasteiger partial charge < -0.3 is 25.0 Å². The van der Waals surface area contributed by atoms with Crippen molar-refractivity contribution in [1.29, 1.82) is 0 Å². The Kier molecular flexibility index (Phi) is 10.7. The summed E-state index contributed by atoms with van der Waals surface area (Å²) < 4.78 is 11.2. The second-order valence-electron chi connectivity index (χ2n) is 7.57. The summed E-state index contributed by atoms with van der Waals surface area (Å²) in [6.45, 7) is 1.21. The lowest BCUT2D eigenvalue weighted by Gasteiger charge is -2.14. The van der Waals surface area contributed by atoms with Crippen LogP contribution in [0.3, 0.4) is 0 Å². The highest BCUT2D eigenvalue weighted by Crippen LogP contribution is 2.30. The number of benzene rings is 3. The summed E-state index contributed by atoms with van der Waals surface area (Å²) in [7, 11) is 6.85. The van der Waals surface area contributed by atoms with E-state index in [9.17, 15) is 4.79 Å². The standard InChI is InChI=1S/C26H30N4O3.HI/c1-27-26(28-17-19-9-13-21(14-10-19)25(31)30(2)3)29-18-20-11-15-22(16-12-20)33-24-8-6-5-7-23(24)32-4;/h5-16H,17-18H2,1-4H3,(H2,27,28,29);1H. The van der Waals surface area contributed by atoms with E-state index >= 15 is 0 Å². The van der Waals surface area contributed by atoms with E-state index in [0.717, 1.165) is 16.9 Å². The zero-order valence-corrected chi connectivity index (χ0v) is 22.2. The maximum atomic E-state index is 12.0. The van der Waals surface area contributed by atoms with Gasteiger partial charge in [0.05, 0.1) is 7.11 Å². The molecule has 3 aromatic carbocycles. The third-order valence-electron chi connectivity index (χ3n) is 4.97. The Labute approximate surface area is 218 Å². The number of carbonyl (C=O) groups excluding carboxylic acids is 1. The summed E-state index contributed by atoms with van der Waals surface area (Å²) in [5, 5.41) is 6.59. The van der Waals surface area contributed by atoms with Gasteiger partial charge in [-0.2, -0.15) is 0 Å². The monoisotopic (exact) mass is 574 g/mol. The van der Waals surface area contributed by atoms with E-state index in [1.165, 1.54) is 0 Å². The first-order valence-electron chi connectivity index (χ1n) is 10.6. The summed E-state index contributed by atoms with van der Waals surface area (Å²) in [5.74, 6) is 2.79. The minimum atomic E-state index is -0.00805. The summed E-state index contributed by atoms with van der Waals surface area (Å²) >= 11 is 0. The zero-order chi connectivity index (χ0) is 23.6. The summed E-state index contributed by atoms with van der Waals surface area (Å²) in [6.07, 6.45) is 0. The number of aliphatic imine (C=N–C) groups is 1. The van der Waals surface area contributed by atoms with Gasteiger partial charge in [-0.3, -0.25) is 9.79 Å². The molecule has 0 saturated carbocycles. The molecule has 3 aromatic rings. The molecule has 0 spiro atoms. The van der Waals surface area contributed by atoms with E-state index in [2.05, 4.69) is 15.6 Å². The molecule has 0 bridgehead atoms. The molecule has 0 heterocycles. The van der Waals surface area contributed by atoms with E-state index in [4.69, 9.17) is 9.47 Å². The number of carbonyl (C=O) groups is 1. The highest BCUT2D eigenvalue weighted by atomic mass is 127. The Morgan fingerprint density at radius 2 is 1.38 bits per heavy atom. The average molecular weight is 574 g/mol. The fourth-order valence-corrected chi connectivity index (χ4v) is 3.12. The Bertz CT molecular complexity index is 1080. The van der Waals surface area contributed by atoms with Gasteiger partial charge in [0.1, 0.15) is 5.75 Å². The summed E-state index contributed by atoms with van der Waals surface area (Å²) in [4.78, 5) is 17.8. The van der Waals surface area contributed by atoms with Crippen molar-refractivity contribution in [2.75, 3.05) is 28.3 Å². The number of hydrogen-bond acceptors (Lipinski definition) is 4. The number of nitrogens with zero attached hydrogens (tertiary/aromatic N) is 2. The quantitative estimate of drug-likeness (QED) is 0.233. The predicted molar refractivity (Wildman–Crippen MR) is 146 cm³/mol. The first-order chi connectivity index (χ1) is 16.0. The molecule has 1 amide bonds. The fraction of sp³-hybridized carbons (Fsp3) is 0.231. The molecule has 0 aliphatic carbocycles. The molecule has 0 saturated heterocycles. The molecule has 0 atom stereocenters. The van der Waals surface area contributed by atoms with Gasteiger partial charge in [-0.05, 0) is 47.5 Å². The minimum Gasteiger partial charge on any atom is -0.493 e. The number of para-hydroxylation sites is 2. The van der Waals surface area contributed by atoms with Crippen molar-refractivity contribution in [2.24, 2.45) is 4.99 Å². The highest BCUT2D eigenvalue weighted by molar-refractivity contribution is 14.0. The lowest BCUT2D eigenvalue weighted by atomic mass is 10.1. The van der Waals surface area contributed by atoms with Gasteiger partial charge in [0.25, 0.3) is 5.91 Å². The second-order valence-corrected chi connectivity index (χ2v) is 7.57. The predicted octanol–water partition coefficient (Wildman–Crippen LogP) is 4.67. The number of hydrogen-bond donors (Lipinski definition) is 2. The van der Waals surface area contributed by atoms with Crippen molar-refractivity contribution in [3.63, 3.8) is 0 Å². The van der Waals surface area contributed by atoms with E-state index < -0.39 is 0 Å². The van der Waals surface area contributed by atoms with E-state index in [1.54, 1.807) is 33.2 Å². The molecule has 0 aromatic heterocycles. The van der Waals surface area contributed by atoms with Gasteiger partial charge >= 0.3 is 0 Å². The lowest BCUT2D eigenvalue weighted by molar-refractivity contribution is 0.0827. The number of nitrogens with one attached hydrogen (secondary N) is 2. The van der Waals surface area contributed by atoms with Crippen molar-refractivity contribution in [3.05, 3.63) is 89.5 Å². The molecule has 34 heavy (non-hydrogen) atoms. The molecule has 3 rings (SSSR count). The molecule has 7 nitrogen and oxygen atoms in total. The maximum Gasteiger partial charge on any atom is 0.253 e. The molecular weight excluding hydrogens is 543 g/mol. The number of rotatable bonds is 8. The Morgan fingerprint density at radius 3 is 1.88 bits per heavy atom.